The molecular formula is C17H34N2O2. The minimum Gasteiger partial charge on any atom is -0.444 e. The van der Waals surface area contributed by atoms with E-state index in [1.807, 2.05) is 20.8 Å². The molecule has 3 atom stereocenters. The Bertz CT molecular complexity index is 325. The third kappa shape index (κ3) is 6.68. The molecule has 1 N–H and O–H groups in total. The Morgan fingerprint density at radius 2 is 1.95 bits per heavy atom. The maximum absolute atomic E-state index is 11.8. The molecule has 1 fully saturated rings. The zero-order valence-electron chi connectivity index (χ0n) is 14.7. The lowest BCUT2D eigenvalue weighted by atomic mass is 9.78. The first kappa shape index (κ1) is 18.3. The van der Waals surface area contributed by atoms with Gasteiger partial charge in [0.15, 0.2) is 0 Å². The van der Waals surface area contributed by atoms with E-state index in [0.717, 1.165) is 31.3 Å². The highest BCUT2D eigenvalue weighted by atomic mass is 16.6. The molecule has 4 nitrogen and oxygen atoms in total. The Labute approximate surface area is 130 Å². The first-order chi connectivity index (χ1) is 9.70. The molecule has 0 radical (unpaired) electrons. The molecule has 1 rings (SSSR count). The van der Waals surface area contributed by atoms with Gasteiger partial charge in [-0.05, 0) is 52.0 Å². The zero-order chi connectivity index (χ0) is 16.0. The van der Waals surface area contributed by atoms with Gasteiger partial charge in [0.2, 0.25) is 0 Å². The summed E-state index contributed by atoms with van der Waals surface area (Å²) in [6, 6.07) is 0.639. The van der Waals surface area contributed by atoms with E-state index in [0.29, 0.717) is 6.04 Å². The first-order valence-electron chi connectivity index (χ1n) is 8.38. The summed E-state index contributed by atoms with van der Waals surface area (Å²) in [6.45, 7) is 12.1. The molecule has 0 aromatic heterocycles. The van der Waals surface area contributed by atoms with Crippen molar-refractivity contribution >= 4 is 6.09 Å². The van der Waals surface area contributed by atoms with Crippen molar-refractivity contribution in [3.05, 3.63) is 0 Å². The SMILES string of the molecule is CC1CCCC(NCCCN(C)C(=O)OC(C)(C)C)C1C. The van der Waals surface area contributed by atoms with E-state index in [1.165, 1.54) is 19.3 Å². The lowest BCUT2D eigenvalue weighted by Gasteiger charge is -2.35. The molecule has 0 saturated heterocycles. The molecule has 0 aromatic rings. The summed E-state index contributed by atoms with van der Waals surface area (Å²) in [6.07, 6.45) is 4.71. The van der Waals surface area contributed by atoms with Crippen LogP contribution in [0.2, 0.25) is 0 Å². The van der Waals surface area contributed by atoms with Gasteiger partial charge in [0.25, 0.3) is 0 Å². The van der Waals surface area contributed by atoms with Crippen LogP contribution in [0.25, 0.3) is 0 Å². The number of ether oxygens (including phenoxy) is 1. The monoisotopic (exact) mass is 298 g/mol. The molecule has 124 valence electrons. The van der Waals surface area contributed by atoms with Crippen molar-refractivity contribution in [3.8, 4) is 0 Å². The van der Waals surface area contributed by atoms with Crippen molar-refractivity contribution in [2.45, 2.75) is 71.9 Å². The maximum atomic E-state index is 11.8. The van der Waals surface area contributed by atoms with Gasteiger partial charge in [0.1, 0.15) is 5.60 Å². The molecule has 1 aliphatic rings. The quantitative estimate of drug-likeness (QED) is 0.788. The Morgan fingerprint density at radius 3 is 2.57 bits per heavy atom. The number of amides is 1. The maximum Gasteiger partial charge on any atom is 0.410 e. The van der Waals surface area contributed by atoms with E-state index in [1.54, 1.807) is 11.9 Å². The third-order valence-corrected chi connectivity index (χ3v) is 4.49. The summed E-state index contributed by atoms with van der Waals surface area (Å²) < 4.78 is 5.34. The second kappa shape index (κ2) is 8.02. The fraction of sp³-hybridized carbons (Fsp3) is 0.941. The number of nitrogens with one attached hydrogen (secondary N) is 1. The highest BCUT2D eigenvalue weighted by Gasteiger charge is 2.26. The van der Waals surface area contributed by atoms with Gasteiger partial charge in [0.05, 0.1) is 0 Å². The molecule has 1 amide bonds. The van der Waals surface area contributed by atoms with Gasteiger partial charge < -0.3 is 15.0 Å². The van der Waals surface area contributed by atoms with Crippen LogP contribution in [0.3, 0.4) is 0 Å². The number of rotatable bonds is 5. The van der Waals surface area contributed by atoms with Gasteiger partial charge in [-0.25, -0.2) is 4.79 Å². The van der Waals surface area contributed by atoms with E-state index in [-0.39, 0.29) is 6.09 Å². The average molecular weight is 298 g/mol. The van der Waals surface area contributed by atoms with E-state index in [4.69, 9.17) is 4.74 Å². The fourth-order valence-electron chi connectivity index (χ4n) is 2.90. The Hall–Kier alpha value is -0.770. The van der Waals surface area contributed by atoms with Crippen LogP contribution in [-0.2, 0) is 4.74 Å². The van der Waals surface area contributed by atoms with Crippen LogP contribution >= 0.6 is 0 Å². The van der Waals surface area contributed by atoms with Crippen molar-refractivity contribution in [3.63, 3.8) is 0 Å². The topological polar surface area (TPSA) is 41.6 Å². The lowest BCUT2D eigenvalue weighted by molar-refractivity contribution is 0.0296. The molecule has 0 aromatic carbocycles. The van der Waals surface area contributed by atoms with Crippen molar-refractivity contribution in [2.24, 2.45) is 11.8 Å². The van der Waals surface area contributed by atoms with E-state index in [9.17, 15) is 4.79 Å². The second-order valence-electron chi connectivity index (χ2n) is 7.58. The molecule has 1 aliphatic carbocycles. The molecule has 4 heteroatoms. The van der Waals surface area contributed by atoms with Crippen LogP contribution in [0.5, 0.6) is 0 Å². The minimum absolute atomic E-state index is 0.234. The summed E-state index contributed by atoms with van der Waals surface area (Å²) in [4.78, 5) is 13.5. The van der Waals surface area contributed by atoms with Crippen LogP contribution in [-0.4, -0.2) is 42.8 Å². The summed E-state index contributed by atoms with van der Waals surface area (Å²) in [5.41, 5.74) is -0.419. The van der Waals surface area contributed by atoms with Crippen LogP contribution in [0.15, 0.2) is 0 Å². The number of hydrogen-bond acceptors (Lipinski definition) is 3. The Balaban J connectivity index is 2.20. The summed E-state index contributed by atoms with van der Waals surface area (Å²) >= 11 is 0. The standard InChI is InChI=1S/C17H34N2O2/c1-13-9-7-10-15(14(13)2)18-11-8-12-19(6)16(20)21-17(3,4)5/h13-15,18H,7-12H2,1-6H3. The molecule has 0 bridgehead atoms. The zero-order valence-corrected chi connectivity index (χ0v) is 14.7. The molecule has 3 unspecified atom stereocenters. The lowest BCUT2D eigenvalue weighted by Crippen LogP contribution is -2.42. The largest absolute Gasteiger partial charge is 0.444 e. The number of carbonyl (C=O) groups is 1. The van der Waals surface area contributed by atoms with Gasteiger partial charge in [-0.2, -0.15) is 0 Å². The van der Waals surface area contributed by atoms with Crippen molar-refractivity contribution in [1.82, 2.24) is 10.2 Å². The molecule has 0 heterocycles. The number of hydrogen-bond donors (Lipinski definition) is 1. The first-order valence-corrected chi connectivity index (χ1v) is 8.38. The fourth-order valence-corrected chi connectivity index (χ4v) is 2.90. The van der Waals surface area contributed by atoms with Gasteiger partial charge in [-0.15, -0.1) is 0 Å². The van der Waals surface area contributed by atoms with Crippen LogP contribution in [0.1, 0.15) is 60.3 Å². The normalized spacial score (nSPS) is 26.5. The Morgan fingerprint density at radius 1 is 1.29 bits per heavy atom. The smallest absolute Gasteiger partial charge is 0.410 e. The van der Waals surface area contributed by atoms with Gasteiger partial charge in [-0.1, -0.05) is 26.7 Å². The molecule has 0 spiro atoms. The second-order valence-corrected chi connectivity index (χ2v) is 7.58. The highest BCUT2D eigenvalue weighted by Crippen LogP contribution is 2.29. The van der Waals surface area contributed by atoms with Crippen molar-refractivity contribution in [2.75, 3.05) is 20.1 Å². The molecule has 21 heavy (non-hydrogen) atoms. The van der Waals surface area contributed by atoms with Crippen LogP contribution < -0.4 is 5.32 Å². The van der Waals surface area contributed by atoms with E-state index in [2.05, 4.69) is 19.2 Å². The molecule has 0 aliphatic heterocycles. The molecule has 1 saturated carbocycles. The third-order valence-electron chi connectivity index (χ3n) is 4.49. The van der Waals surface area contributed by atoms with Gasteiger partial charge in [-0.3, -0.25) is 0 Å². The predicted octanol–water partition coefficient (Wildman–Crippen LogP) is 3.66. The average Bonchev–Trinajstić information content (AvgIpc) is 2.37. The van der Waals surface area contributed by atoms with Gasteiger partial charge >= 0.3 is 6.09 Å². The van der Waals surface area contributed by atoms with E-state index >= 15 is 0 Å². The van der Waals surface area contributed by atoms with Gasteiger partial charge in [0, 0.05) is 19.6 Å². The highest BCUT2D eigenvalue weighted by molar-refractivity contribution is 5.67. The predicted molar refractivity (Wildman–Crippen MR) is 87.5 cm³/mol. The number of carbonyl (C=O) groups excluding carboxylic acids is 1. The van der Waals surface area contributed by atoms with Crippen molar-refractivity contribution < 1.29 is 9.53 Å². The van der Waals surface area contributed by atoms with Crippen molar-refractivity contribution in [1.29, 1.82) is 0 Å². The Kier molecular flexibility index (Phi) is 6.98. The summed E-state index contributed by atoms with van der Waals surface area (Å²) in [5.74, 6) is 1.57. The molecular weight excluding hydrogens is 264 g/mol. The van der Waals surface area contributed by atoms with Crippen LogP contribution in [0, 0.1) is 11.8 Å². The van der Waals surface area contributed by atoms with Crippen LogP contribution in [0.4, 0.5) is 4.79 Å². The van der Waals surface area contributed by atoms with E-state index < -0.39 is 5.60 Å². The number of nitrogens with zero attached hydrogens (tertiary/aromatic N) is 1. The summed E-state index contributed by atoms with van der Waals surface area (Å²) in [5, 5.41) is 3.67. The summed E-state index contributed by atoms with van der Waals surface area (Å²) in [7, 11) is 1.80. The minimum atomic E-state index is -0.419.